The lowest BCUT2D eigenvalue weighted by Crippen LogP contribution is -2.17. The molecule has 6 aromatic carbocycles. The van der Waals surface area contributed by atoms with E-state index in [1.165, 1.54) is 0 Å². The summed E-state index contributed by atoms with van der Waals surface area (Å²) in [5.74, 6) is -0.416. The number of phenols is 1. The van der Waals surface area contributed by atoms with Crippen molar-refractivity contribution in [2.24, 2.45) is 0 Å². The summed E-state index contributed by atoms with van der Waals surface area (Å²) in [5, 5.41) is 12.6. The Kier molecular flexibility index (Phi) is 7.87. The summed E-state index contributed by atoms with van der Waals surface area (Å²) in [4.78, 5) is 10.1. The fourth-order valence-electron chi connectivity index (χ4n) is 8.17. The first-order valence-corrected chi connectivity index (χ1v) is 21.4. The molecule has 4 heteroatoms. The van der Waals surface area contributed by atoms with E-state index in [-0.39, 0.29) is 22.4 Å². The van der Waals surface area contributed by atoms with Gasteiger partial charge in [-0.25, -0.2) is 4.98 Å². The molecule has 2 heterocycles. The zero-order valence-electron chi connectivity index (χ0n) is 50.1. The predicted octanol–water partition coefficient (Wildman–Crippen LogP) is 16.1. The SMILES string of the molecule is [2H]c1c([2H])c([2H])c(-c2c(C([2H])([2H])[2H])cnc(-c3cc(-c4cccc5c4nc(-c4cc(C(C)(C)C)cc(C(C)(C)C)c4O)n5-c4ccc(C([2H])(C)C)cc4-c4ccccc4)cc(C(C)(C)C)c3)c2C([2H])([2H])[2H])c([2H])c1[2H]. The number of fused-ring (bicyclic) bond motifs is 1. The van der Waals surface area contributed by atoms with Gasteiger partial charge in [-0.2, -0.15) is 0 Å². The molecule has 0 fully saturated rings. The monoisotopic (exact) mass is 842 g/mol. The van der Waals surface area contributed by atoms with Crippen LogP contribution in [0.4, 0.5) is 0 Å². The first-order valence-electron chi connectivity index (χ1n) is 27.4. The summed E-state index contributed by atoms with van der Waals surface area (Å²) in [5.41, 5.74) is 5.19. The number of phenolic OH excluding ortho intramolecular Hbond substituents is 1. The lowest BCUT2D eigenvalue weighted by atomic mass is 9.79. The first kappa shape index (κ1) is 30.7. The molecular formula is C59H63N3O. The van der Waals surface area contributed by atoms with E-state index in [9.17, 15) is 5.11 Å². The topological polar surface area (TPSA) is 50.9 Å². The van der Waals surface area contributed by atoms with Gasteiger partial charge in [0, 0.05) is 38.0 Å². The van der Waals surface area contributed by atoms with Gasteiger partial charge < -0.3 is 5.11 Å². The minimum atomic E-state index is -3.12. The van der Waals surface area contributed by atoms with Gasteiger partial charge in [0.25, 0.3) is 0 Å². The average molecular weight is 842 g/mol. The Bertz CT molecular complexity index is 3540. The number of benzene rings is 6. The second kappa shape index (κ2) is 16.1. The Morgan fingerprint density at radius 1 is 0.651 bits per heavy atom. The van der Waals surface area contributed by atoms with E-state index in [2.05, 4.69) is 57.2 Å². The van der Waals surface area contributed by atoms with E-state index in [0.29, 0.717) is 33.5 Å². The van der Waals surface area contributed by atoms with Crippen molar-refractivity contribution < 1.29 is 21.6 Å². The second-order valence-electron chi connectivity index (χ2n) is 19.8. The van der Waals surface area contributed by atoms with E-state index in [4.69, 9.17) is 21.4 Å². The summed E-state index contributed by atoms with van der Waals surface area (Å²) in [6.07, 6.45) is 1.02. The highest BCUT2D eigenvalue weighted by atomic mass is 16.3. The number of aromatic hydroxyl groups is 1. The van der Waals surface area contributed by atoms with Crippen LogP contribution in [0.1, 0.15) is 132 Å². The quantitative estimate of drug-likeness (QED) is 0.174. The zero-order chi connectivity index (χ0) is 55.4. The molecule has 0 spiro atoms. The number of aryl methyl sites for hydroxylation is 1. The molecule has 0 saturated carbocycles. The third-order valence-electron chi connectivity index (χ3n) is 11.8. The molecule has 1 N–H and O–H groups in total. The zero-order valence-corrected chi connectivity index (χ0v) is 38.1. The molecule has 0 unspecified atom stereocenters. The van der Waals surface area contributed by atoms with Crippen LogP contribution in [0.3, 0.4) is 0 Å². The number of aromatic nitrogens is 3. The molecule has 4 nitrogen and oxygen atoms in total. The minimum Gasteiger partial charge on any atom is -0.507 e. The molecule has 0 aliphatic rings. The summed E-state index contributed by atoms with van der Waals surface area (Å²) in [6, 6.07) is 27.6. The van der Waals surface area contributed by atoms with E-state index in [1.807, 2.05) is 113 Å². The molecule has 0 aliphatic carbocycles. The summed E-state index contributed by atoms with van der Waals surface area (Å²) >= 11 is 0. The summed E-state index contributed by atoms with van der Waals surface area (Å²) in [7, 11) is 0. The molecule has 0 saturated heterocycles. The van der Waals surface area contributed by atoms with Gasteiger partial charge in [0.1, 0.15) is 11.6 Å². The molecular weight excluding hydrogens is 767 g/mol. The number of hydrogen-bond acceptors (Lipinski definition) is 3. The molecule has 63 heavy (non-hydrogen) atoms. The molecule has 0 atom stereocenters. The first-order chi connectivity index (χ1) is 34.5. The molecule has 8 aromatic rings. The van der Waals surface area contributed by atoms with E-state index >= 15 is 0 Å². The maximum atomic E-state index is 12.6. The Balaban J connectivity index is 1.53. The molecule has 8 rings (SSSR count). The van der Waals surface area contributed by atoms with Gasteiger partial charge in [0.05, 0.1) is 34.8 Å². The van der Waals surface area contributed by atoms with Gasteiger partial charge >= 0.3 is 0 Å². The Labute approximate surface area is 392 Å². The highest BCUT2D eigenvalue weighted by Crippen LogP contribution is 2.46. The van der Waals surface area contributed by atoms with Crippen molar-refractivity contribution in [1.82, 2.24) is 14.5 Å². The van der Waals surface area contributed by atoms with Gasteiger partial charge in [0.15, 0.2) is 0 Å². The number of para-hydroxylation sites is 1. The minimum absolute atomic E-state index is 0.0782. The van der Waals surface area contributed by atoms with E-state index < -0.39 is 82.9 Å². The van der Waals surface area contributed by atoms with Gasteiger partial charge in [0.2, 0.25) is 0 Å². The van der Waals surface area contributed by atoms with Crippen LogP contribution in [0.15, 0.2) is 133 Å². The van der Waals surface area contributed by atoms with Crippen LogP contribution in [-0.2, 0) is 16.2 Å². The Hall–Kier alpha value is -6.26. The van der Waals surface area contributed by atoms with Crippen LogP contribution < -0.4 is 0 Å². The summed E-state index contributed by atoms with van der Waals surface area (Å²) < 4.78 is 107. The summed E-state index contributed by atoms with van der Waals surface area (Å²) in [6.45, 7) is 16.1. The lowest BCUT2D eigenvalue weighted by Gasteiger charge is -2.27. The highest BCUT2D eigenvalue weighted by Gasteiger charge is 2.30. The van der Waals surface area contributed by atoms with Crippen molar-refractivity contribution in [3.05, 3.63) is 167 Å². The van der Waals surface area contributed by atoms with Crippen LogP contribution in [0.2, 0.25) is 0 Å². The van der Waals surface area contributed by atoms with Crippen LogP contribution >= 0.6 is 0 Å². The van der Waals surface area contributed by atoms with Crippen molar-refractivity contribution in [2.75, 3.05) is 0 Å². The maximum absolute atomic E-state index is 12.6. The molecule has 0 amide bonds. The van der Waals surface area contributed by atoms with Crippen molar-refractivity contribution in [1.29, 1.82) is 0 Å². The fourth-order valence-corrected chi connectivity index (χ4v) is 8.17. The smallest absolute Gasteiger partial charge is 0.149 e. The van der Waals surface area contributed by atoms with Crippen LogP contribution in [0.5, 0.6) is 5.75 Å². The van der Waals surface area contributed by atoms with E-state index in [0.717, 1.165) is 45.3 Å². The molecule has 0 aliphatic heterocycles. The van der Waals surface area contributed by atoms with Crippen molar-refractivity contribution in [3.63, 3.8) is 0 Å². The second-order valence-corrected chi connectivity index (χ2v) is 19.8. The van der Waals surface area contributed by atoms with Crippen LogP contribution in [0.25, 0.3) is 72.7 Å². The van der Waals surface area contributed by atoms with Gasteiger partial charge in [-0.15, -0.1) is 0 Å². The van der Waals surface area contributed by atoms with Crippen molar-refractivity contribution >= 4 is 11.0 Å². The normalized spacial score (nSPS) is 15.7. The van der Waals surface area contributed by atoms with Gasteiger partial charge in [-0.1, -0.05) is 167 Å². The number of rotatable bonds is 7. The van der Waals surface area contributed by atoms with Crippen molar-refractivity contribution in [3.8, 4) is 67.5 Å². The number of imidazole rings is 1. The van der Waals surface area contributed by atoms with E-state index in [1.54, 1.807) is 12.1 Å². The Morgan fingerprint density at radius 2 is 1.35 bits per heavy atom. The van der Waals surface area contributed by atoms with Crippen molar-refractivity contribution in [2.45, 2.75) is 112 Å². The number of hydrogen-bond donors (Lipinski definition) is 1. The Morgan fingerprint density at radius 3 is 2.00 bits per heavy atom. The largest absolute Gasteiger partial charge is 0.507 e. The maximum Gasteiger partial charge on any atom is 0.149 e. The van der Waals surface area contributed by atoms with Gasteiger partial charge in [-0.3, -0.25) is 9.55 Å². The lowest BCUT2D eigenvalue weighted by molar-refractivity contribution is 0.446. The molecule has 2 aromatic heterocycles. The van der Waals surface area contributed by atoms with Crippen LogP contribution in [0, 0.1) is 13.7 Å². The van der Waals surface area contributed by atoms with Crippen LogP contribution in [-0.4, -0.2) is 19.6 Å². The number of pyridine rings is 1. The molecule has 0 bridgehead atoms. The average Bonchev–Trinajstić information content (AvgIpc) is 3.70. The third-order valence-corrected chi connectivity index (χ3v) is 11.8. The standard InChI is InChI=1S/C59H63N3O/c1-36(2)41-27-28-50(47(32-41)39-21-16-14-17-22-39)62-51-26-20-25-46(54(51)61-56(62)48-33-45(58(8,9)10)34-49(55(48)63)59(11,12)13)42-29-43(31-44(30-42)57(5,6)7)53-38(4)52(37(3)35-60-53)40-23-18-15-19-24-40/h14-36,63H,1-13H3/i3D3,4D3,15D,18D,19D,23D,24D,36D. The molecule has 320 valence electrons. The van der Waals surface area contributed by atoms with Gasteiger partial charge in [-0.05, 0) is 122 Å². The fraction of sp³-hybridized carbons (Fsp3) is 0.288. The highest BCUT2D eigenvalue weighted by molar-refractivity contribution is 5.98. The predicted molar refractivity (Wildman–Crippen MR) is 267 cm³/mol. The third kappa shape index (κ3) is 8.24. The molecule has 0 radical (unpaired) electrons. The number of nitrogens with zero attached hydrogens (tertiary/aromatic N) is 3.